The number of rotatable bonds is 3. The lowest BCUT2D eigenvalue weighted by atomic mass is 9.65. The predicted octanol–water partition coefficient (Wildman–Crippen LogP) is 0.615. The standard InChI is InChI=1S/C14H20N2O4/c1-3-20-13(19)9-8(2)16-12(18)10(11(15)17)14(9)6-4-5-7-14/h10H,3-7H2,1-2H3,(H2,15,17)(H,16,18)/t10-/m0/s1. The Bertz CT molecular complexity index is 489. The summed E-state index contributed by atoms with van der Waals surface area (Å²) in [6.45, 7) is 3.64. The summed E-state index contributed by atoms with van der Waals surface area (Å²) in [5.41, 5.74) is 5.53. The van der Waals surface area contributed by atoms with Gasteiger partial charge in [-0.1, -0.05) is 12.8 Å². The Morgan fingerprint density at radius 1 is 1.40 bits per heavy atom. The summed E-state index contributed by atoms with van der Waals surface area (Å²) in [7, 11) is 0. The van der Waals surface area contributed by atoms with Gasteiger partial charge in [0.15, 0.2) is 0 Å². The third-order valence-corrected chi connectivity index (χ3v) is 4.26. The van der Waals surface area contributed by atoms with Crippen molar-refractivity contribution in [3.8, 4) is 0 Å². The lowest BCUT2D eigenvalue weighted by molar-refractivity contribution is -0.144. The number of carbonyl (C=O) groups excluding carboxylic acids is 3. The summed E-state index contributed by atoms with van der Waals surface area (Å²) in [4.78, 5) is 36.1. The van der Waals surface area contributed by atoms with Crippen LogP contribution in [0.4, 0.5) is 0 Å². The average molecular weight is 280 g/mol. The maximum Gasteiger partial charge on any atom is 0.336 e. The van der Waals surface area contributed by atoms with Crippen molar-refractivity contribution >= 4 is 17.8 Å². The topological polar surface area (TPSA) is 98.5 Å². The smallest absolute Gasteiger partial charge is 0.336 e. The van der Waals surface area contributed by atoms with Crippen molar-refractivity contribution in [3.05, 3.63) is 11.3 Å². The second-order valence-corrected chi connectivity index (χ2v) is 5.41. The number of esters is 1. The highest BCUT2D eigenvalue weighted by Gasteiger charge is 2.56. The Labute approximate surface area is 117 Å². The fraction of sp³-hybridized carbons (Fsp3) is 0.643. The third-order valence-electron chi connectivity index (χ3n) is 4.26. The minimum absolute atomic E-state index is 0.251. The van der Waals surface area contributed by atoms with E-state index < -0.39 is 29.1 Å². The van der Waals surface area contributed by atoms with Crippen LogP contribution in [-0.4, -0.2) is 24.4 Å². The molecule has 1 aliphatic carbocycles. The SMILES string of the molecule is CCOC(=O)C1=C(C)NC(=O)[C@H](C(N)=O)C12CCCC2. The lowest BCUT2D eigenvalue weighted by Crippen LogP contribution is -2.54. The number of primary amides is 1. The van der Waals surface area contributed by atoms with Gasteiger partial charge in [-0.2, -0.15) is 0 Å². The molecule has 3 N–H and O–H groups in total. The number of carbonyl (C=O) groups is 3. The first kappa shape index (κ1) is 14.6. The van der Waals surface area contributed by atoms with Crippen LogP contribution in [0.5, 0.6) is 0 Å². The van der Waals surface area contributed by atoms with Gasteiger partial charge in [0.25, 0.3) is 0 Å². The molecule has 2 aliphatic rings. The van der Waals surface area contributed by atoms with Crippen LogP contribution in [0.15, 0.2) is 11.3 Å². The van der Waals surface area contributed by atoms with Crippen molar-refractivity contribution < 1.29 is 19.1 Å². The largest absolute Gasteiger partial charge is 0.463 e. The van der Waals surface area contributed by atoms with Gasteiger partial charge in [0.1, 0.15) is 5.92 Å². The van der Waals surface area contributed by atoms with Gasteiger partial charge in [-0.3, -0.25) is 9.59 Å². The number of nitrogens with two attached hydrogens (primary N) is 1. The van der Waals surface area contributed by atoms with Gasteiger partial charge in [-0.25, -0.2) is 4.79 Å². The van der Waals surface area contributed by atoms with E-state index in [4.69, 9.17) is 10.5 Å². The molecule has 1 fully saturated rings. The highest BCUT2D eigenvalue weighted by molar-refractivity contribution is 6.06. The molecule has 110 valence electrons. The fourth-order valence-electron chi connectivity index (χ4n) is 3.59. The van der Waals surface area contributed by atoms with Crippen LogP contribution in [0.2, 0.25) is 0 Å². The third kappa shape index (κ3) is 2.09. The van der Waals surface area contributed by atoms with E-state index in [1.165, 1.54) is 0 Å². The molecule has 1 spiro atoms. The lowest BCUT2D eigenvalue weighted by Gasteiger charge is -2.40. The molecule has 1 aliphatic heterocycles. The first-order valence-corrected chi connectivity index (χ1v) is 6.92. The molecule has 6 heteroatoms. The molecule has 0 aromatic heterocycles. The van der Waals surface area contributed by atoms with Gasteiger partial charge in [-0.15, -0.1) is 0 Å². The molecule has 2 amide bonds. The number of hydrogen-bond donors (Lipinski definition) is 2. The summed E-state index contributed by atoms with van der Waals surface area (Å²) in [6, 6.07) is 0. The number of allylic oxidation sites excluding steroid dienone is 1. The van der Waals surface area contributed by atoms with Crippen LogP contribution in [0.3, 0.4) is 0 Å². The van der Waals surface area contributed by atoms with E-state index in [1.807, 2.05) is 0 Å². The molecule has 1 atom stereocenters. The van der Waals surface area contributed by atoms with Crippen molar-refractivity contribution in [3.63, 3.8) is 0 Å². The summed E-state index contributed by atoms with van der Waals surface area (Å²) >= 11 is 0. The molecule has 0 unspecified atom stereocenters. The molecule has 1 heterocycles. The van der Waals surface area contributed by atoms with Crippen molar-refractivity contribution in [2.24, 2.45) is 17.1 Å². The van der Waals surface area contributed by atoms with Gasteiger partial charge in [0.2, 0.25) is 11.8 Å². The van der Waals surface area contributed by atoms with Crippen LogP contribution < -0.4 is 11.1 Å². The quantitative estimate of drug-likeness (QED) is 0.584. The minimum atomic E-state index is -0.992. The van der Waals surface area contributed by atoms with Gasteiger partial charge in [-0.05, 0) is 26.7 Å². The molecule has 0 aromatic carbocycles. The molecular weight excluding hydrogens is 260 g/mol. The molecule has 0 radical (unpaired) electrons. The second kappa shape index (κ2) is 5.26. The van der Waals surface area contributed by atoms with Crippen LogP contribution in [-0.2, 0) is 19.1 Å². The Morgan fingerprint density at radius 2 is 2.00 bits per heavy atom. The van der Waals surface area contributed by atoms with E-state index in [0.29, 0.717) is 24.1 Å². The molecule has 6 nitrogen and oxygen atoms in total. The minimum Gasteiger partial charge on any atom is -0.463 e. The summed E-state index contributed by atoms with van der Waals surface area (Å²) in [5.74, 6) is -2.55. The number of hydrogen-bond acceptors (Lipinski definition) is 4. The van der Waals surface area contributed by atoms with Crippen molar-refractivity contribution in [2.75, 3.05) is 6.61 Å². The molecule has 1 saturated carbocycles. The van der Waals surface area contributed by atoms with Crippen LogP contribution in [0, 0.1) is 11.3 Å². The van der Waals surface area contributed by atoms with E-state index in [2.05, 4.69) is 5.32 Å². The van der Waals surface area contributed by atoms with E-state index >= 15 is 0 Å². The van der Waals surface area contributed by atoms with Gasteiger partial charge in [0, 0.05) is 11.1 Å². The van der Waals surface area contributed by atoms with E-state index in [9.17, 15) is 14.4 Å². The second-order valence-electron chi connectivity index (χ2n) is 5.41. The Morgan fingerprint density at radius 3 is 2.50 bits per heavy atom. The Kier molecular flexibility index (Phi) is 3.83. The van der Waals surface area contributed by atoms with E-state index in [0.717, 1.165) is 12.8 Å². The van der Waals surface area contributed by atoms with Crippen LogP contribution >= 0.6 is 0 Å². The molecule has 20 heavy (non-hydrogen) atoms. The monoisotopic (exact) mass is 280 g/mol. The molecule has 2 rings (SSSR count). The maximum atomic E-state index is 12.3. The van der Waals surface area contributed by atoms with Crippen molar-refractivity contribution in [1.29, 1.82) is 0 Å². The van der Waals surface area contributed by atoms with Crippen molar-refractivity contribution in [2.45, 2.75) is 39.5 Å². The maximum absolute atomic E-state index is 12.3. The fourth-order valence-corrected chi connectivity index (χ4v) is 3.59. The van der Waals surface area contributed by atoms with Crippen LogP contribution in [0.1, 0.15) is 39.5 Å². The summed E-state index contributed by atoms with van der Waals surface area (Å²) < 4.78 is 5.10. The van der Waals surface area contributed by atoms with Gasteiger partial charge < -0.3 is 15.8 Å². The number of nitrogens with one attached hydrogen (secondary N) is 1. The molecule has 0 aromatic rings. The van der Waals surface area contributed by atoms with Crippen LogP contribution in [0.25, 0.3) is 0 Å². The first-order chi connectivity index (χ1) is 9.44. The zero-order chi connectivity index (χ0) is 14.9. The van der Waals surface area contributed by atoms with Gasteiger partial charge >= 0.3 is 5.97 Å². The van der Waals surface area contributed by atoms with E-state index in [1.54, 1.807) is 13.8 Å². The molecule has 0 saturated heterocycles. The predicted molar refractivity (Wildman–Crippen MR) is 71.1 cm³/mol. The highest BCUT2D eigenvalue weighted by atomic mass is 16.5. The number of ether oxygens (including phenoxy) is 1. The zero-order valence-electron chi connectivity index (χ0n) is 11.8. The van der Waals surface area contributed by atoms with E-state index in [-0.39, 0.29) is 6.61 Å². The molecule has 0 bridgehead atoms. The Balaban J connectivity index is 2.55. The summed E-state index contributed by atoms with van der Waals surface area (Å²) in [5, 5.41) is 2.59. The normalized spacial score (nSPS) is 24.7. The summed E-state index contributed by atoms with van der Waals surface area (Å²) in [6.07, 6.45) is 2.96. The Hall–Kier alpha value is -1.85. The molecular formula is C14H20N2O4. The van der Waals surface area contributed by atoms with Gasteiger partial charge in [0.05, 0.1) is 12.2 Å². The average Bonchev–Trinajstić information content (AvgIpc) is 2.77. The first-order valence-electron chi connectivity index (χ1n) is 6.92. The highest BCUT2D eigenvalue weighted by Crippen LogP contribution is 2.52. The van der Waals surface area contributed by atoms with Crippen molar-refractivity contribution in [1.82, 2.24) is 5.32 Å². The zero-order valence-corrected chi connectivity index (χ0v) is 11.8. The number of amides is 2.